The normalized spacial score (nSPS) is 23.3. The Morgan fingerprint density at radius 2 is 2.30 bits per heavy atom. The van der Waals surface area contributed by atoms with Gasteiger partial charge in [-0.1, -0.05) is 6.92 Å². The first kappa shape index (κ1) is 7.56. The summed E-state index contributed by atoms with van der Waals surface area (Å²) in [7, 11) is 0. The third kappa shape index (κ3) is 1.30. The van der Waals surface area contributed by atoms with Crippen LogP contribution in [0.3, 0.4) is 0 Å². The second-order valence-corrected chi connectivity index (χ2v) is 3.12. The van der Waals surface area contributed by atoms with Crippen LogP contribution >= 0.6 is 0 Å². The summed E-state index contributed by atoms with van der Waals surface area (Å²) in [5.74, 6) is 0.609. The minimum atomic E-state index is -0.241. The van der Waals surface area contributed by atoms with E-state index in [1.807, 2.05) is 13.8 Å². The summed E-state index contributed by atoms with van der Waals surface area (Å²) < 4.78 is 0. The summed E-state index contributed by atoms with van der Waals surface area (Å²) >= 11 is 0. The van der Waals surface area contributed by atoms with Crippen LogP contribution in [0.5, 0.6) is 0 Å². The van der Waals surface area contributed by atoms with Gasteiger partial charge in [0.25, 0.3) is 0 Å². The molecule has 0 aromatic carbocycles. The minimum Gasteiger partial charge on any atom is -0.300 e. The first-order valence-corrected chi connectivity index (χ1v) is 3.89. The molecule has 1 unspecified atom stereocenters. The number of nitriles is 1. The van der Waals surface area contributed by atoms with Crippen molar-refractivity contribution < 1.29 is 0 Å². The molecule has 56 valence electrons. The standard InChI is InChI=1S/C8H14N2/c1-3-10-8(2,6-9)7-4-5-7/h7,10H,3-5H2,1-2H3. The van der Waals surface area contributed by atoms with Crippen molar-refractivity contribution in [3.8, 4) is 6.07 Å². The van der Waals surface area contributed by atoms with E-state index in [-0.39, 0.29) is 5.54 Å². The zero-order valence-electron chi connectivity index (χ0n) is 6.65. The Morgan fingerprint density at radius 3 is 2.60 bits per heavy atom. The number of hydrogen-bond acceptors (Lipinski definition) is 2. The zero-order chi connectivity index (χ0) is 7.61. The Labute approximate surface area is 62.2 Å². The predicted molar refractivity (Wildman–Crippen MR) is 40.4 cm³/mol. The van der Waals surface area contributed by atoms with Gasteiger partial charge in [-0.15, -0.1) is 0 Å². The molecule has 0 heterocycles. The van der Waals surface area contributed by atoms with Crippen LogP contribution in [-0.2, 0) is 0 Å². The summed E-state index contributed by atoms with van der Waals surface area (Å²) in [6.45, 7) is 4.92. The van der Waals surface area contributed by atoms with E-state index >= 15 is 0 Å². The van der Waals surface area contributed by atoms with Crippen LogP contribution in [-0.4, -0.2) is 12.1 Å². The first-order chi connectivity index (χ1) is 4.73. The minimum absolute atomic E-state index is 0.241. The Bertz CT molecular complexity index is 155. The molecule has 0 saturated heterocycles. The smallest absolute Gasteiger partial charge is 0.106 e. The molecule has 0 aromatic heterocycles. The van der Waals surface area contributed by atoms with Crippen molar-refractivity contribution >= 4 is 0 Å². The van der Waals surface area contributed by atoms with Crippen molar-refractivity contribution in [1.29, 1.82) is 5.26 Å². The van der Waals surface area contributed by atoms with Crippen LogP contribution in [0.25, 0.3) is 0 Å². The number of nitrogens with one attached hydrogen (secondary N) is 1. The highest BCUT2D eigenvalue weighted by Gasteiger charge is 2.40. The Hall–Kier alpha value is -0.550. The van der Waals surface area contributed by atoms with E-state index in [0.29, 0.717) is 5.92 Å². The molecule has 2 nitrogen and oxygen atoms in total. The fourth-order valence-electron chi connectivity index (χ4n) is 1.30. The largest absolute Gasteiger partial charge is 0.300 e. The summed E-state index contributed by atoms with van der Waals surface area (Å²) in [6.07, 6.45) is 2.44. The van der Waals surface area contributed by atoms with Crippen molar-refractivity contribution in [1.82, 2.24) is 5.32 Å². The number of nitrogens with zero attached hydrogens (tertiary/aromatic N) is 1. The van der Waals surface area contributed by atoms with Crippen molar-refractivity contribution in [3.63, 3.8) is 0 Å². The van der Waals surface area contributed by atoms with Gasteiger partial charge in [0.05, 0.1) is 6.07 Å². The Balaban J connectivity index is 2.50. The molecule has 1 saturated carbocycles. The van der Waals surface area contributed by atoms with Gasteiger partial charge in [-0.05, 0) is 32.2 Å². The fraction of sp³-hybridized carbons (Fsp3) is 0.875. The van der Waals surface area contributed by atoms with Crippen LogP contribution < -0.4 is 5.32 Å². The van der Waals surface area contributed by atoms with Crippen molar-refractivity contribution in [2.24, 2.45) is 5.92 Å². The number of rotatable bonds is 3. The Morgan fingerprint density at radius 1 is 1.70 bits per heavy atom. The summed E-state index contributed by atoms with van der Waals surface area (Å²) in [5.41, 5.74) is -0.241. The van der Waals surface area contributed by atoms with E-state index in [1.54, 1.807) is 0 Å². The fourth-order valence-corrected chi connectivity index (χ4v) is 1.30. The van der Waals surface area contributed by atoms with Crippen molar-refractivity contribution in [2.45, 2.75) is 32.2 Å². The number of hydrogen-bond donors (Lipinski definition) is 1. The van der Waals surface area contributed by atoms with Crippen LogP contribution in [0, 0.1) is 17.2 Å². The van der Waals surface area contributed by atoms with Gasteiger partial charge in [-0.3, -0.25) is 5.32 Å². The molecule has 1 aliphatic rings. The SMILES string of the molecule is CCNC(C)(C#N)C1CC1. The molecule has 0 aromatic rings. The predicted octanol–water partition coefficient (Wildman–Crippen LogP) is 1.29. The monoisotopic (exact) mass is 138 g/mol. The van der Waals surface area contributed by atoms with E-state index in [1.165, 1.54) is 12.8 Å². The lowest BCUT2D eigenvalue weighted by molar-refractivity contribution is 0.408. The second kappa shape index (κ2) is 2.59. The molecule has 1 fully saturated rings. The molecule has 1 aliphatic carbocycles. The lowest BCUT2D eigenvalue weighted by Crippen LogP contribution is -2.42. The molecule has 1 N–H and O–H groups in total. The molecule has 0 amide bonds. The van der Waals surface area contributed by atoms with E-state index in [2.05, 4.69) is 11.4 Å². The molecular weight excluding hydrogens is 124 g/mol. The molecule has 1 atom stereocenters. The van der Waals surface area contributed by atoms with Gasteiger partial charge in [0.1, 0.15) is 5.54 Å². The molecule has 1 rings (SSSR count). The van der Waals surface area contributed by atoms with E-state index in [4.69, 9.17) is 5.26 Å². The van der Waals surface area contributed by atoms with E-state index in [0.717, 1.165) is 6.54 Å². The van der Waals surface area contributed by atoms with Gasteiger partial charge in [0, 0.05) is 0 Å². The first-order valence-electron chi connectivity index (χ1n) is 3.89. The van der Waals surface area contributed by atoms with Gasteiger partial charge in [-0.2, -0.15) is 5.26 Å². The highest BCUT2D eigenvalue weighted by Crippen LogP contribution is 2.38. The molecule has 2 heteroatoms. The molecule has 0 spiro atoms. The highest BCUT2D eigenvalue weighted by molar-refractivity contribution is 5.12. The summed E-state index contributed by atoms with van der Waals surface area (Å²) in [5, 5.41) is 12.0. The van der Waals surface area contributed by atoms with Crippen LogP contribution in [0.1, 0.15) is 26.7 Å². The maximum absolute atomic E-state index is 8.81. The van der Waals surface area contributed by atoms with Gasteiger partial charge in [0.15, 0.2) is 0 Å². The van der Waals surface area contributed by atoms with Crippen molar-refractivity contribution in [2.75, 3.05) is 6.54 Å². The van der Waals surface area contributed by atoms with Crippen LogP contribution in [0.2, 0.25) is 0 Å². The van der Waals surface area contributed by atoms with E-state index in [9.17, 15) is 0 Å². The van der Waals surface area contributed by atoms with Crippen LogP contribution in [0.4, 0.5) is 0 Å². The second-order valence-electron chi connectivity index (χ2n) is 3.12. The maximum atomic E-state index is 8.81. The zero-order valence-corrected chi connectivity index (χ0v) is 6.65. The third-order valence-electron chi connectivity index (χ3n) is 2.17. The van der Waals surface area contributed by atoms with Gasteiger partial charge >= 0.3 is 0 Å². The average Bonchev–Trinajstić information content (AvgIpc) is 2.69. The summed E-state index contributed by atoms with van der Waals surface area (Å²) in [6, 6.07) is 2.33. The molecule has 0 radical (unpaired) electrons. The quantitative estimate of drug-likeness (QED) is 0.637. The Kier molecular flexibility index (Phi) is 1.96. The van der Waals surface area contributed by atoms with Crippen molar-refractivity contribution in [3.05, 3.63) is 0 Å². The van der Waals surface area contributed by atoms with Gasteiger partial charge in [0.2, 0.25) is 0 Å². The van der Waals surface area contributed by atoms with Gasteiger partial charge < -0.3 is 0 Å². The molecule has 0 aliphatic heterocycles. The highest BCUT2D eigenvalue weighted by atomic mass is 15.0. The topological polar surface area (TPSA) is 35.8 Å². The third-order valence-corrected chi connectivity index (χ3v) is 2.17. The summed E-state index contributed by atoms with van der Waals surface area (Å²) in [4.78, 5) is 0. The van der Waals surface area contributed by atoms with E-state index < -0.39 is 0 Å². The molecule has 10 heavy (non-hydrogen) atoms. The average molecular weight is 138 g/mol. The van der Waals surface area contributed by atoms with Gasteiger partial charge in [-0.25, -0.2) is 0 Å². The lowest BCUT2D eigenvalue weighted by atomic mass is 9.98. The lowest BCUT2D eigenvalue weighted by Gasteiger charge is -2.21. The van der Waals surface area contributed by atoms with Crippen LogP contribution in [0.15, 0.2) is 0 Å². The maximum Gasteiger partial charge on any atom is 0.106 e. The molecule has 0 bridgehead atoms. The molecular formula is C8H14N2.